The topological polar surface area (TPSA) is 65.5 Å². The molecule has 2 N–H and O–H groups in total. The fraction of sp³-hybridized carbons (Fsp3) is 0.467. The number of aromatic hydroxyl groups is 1. The van der Waals surface area contributed by atoms with E-state index in [1.54, 1.807) is 18.3 Å². The summed E-state index contributed by atoms with van der Waals surface area (Å²) < 4.78 is 27.4. The van der Waals surface area contributed by atoms with Crippen LogP contribution in [0.2, 0.25) is 0 Å². The van der Waals surface area contributed by atoms with Gasteiger partial charge in [0.25, 0.3) is 0 Å². The van der Waals surface area contributed by atoms with Gasteiger partial charge in [0.15, 0.2) is 5.78 Å². The van der Waals surface area contributed by atoms with Crippen LogP contribution in [0.3, 0.4) is 0 Å². The van der Waals surface area contributed by atoms with E-state index in [2.05, 4.69) is 29.3 Å². The van der Waals surface area contributed by atoms with Crippen LogP contribution in [0.15, 0.2) is 42.6 Å². The number of halogens is 2. The van der Waals surface area contributed by atoms with Gasteiger partial charge in [-0.2, -0.15) is 0 Å². The van der Waals surface area contributed by atoms with E-state index in [0.29, 0.717) is 11.6 Å². The Morgan fingerprint density at radius 3 is 2.38 bits per heavy atom. The van der Waals surface area contributed by atoms with Crippen molar-refractivity contribution >= 4 is 22.4 Å². The number of carbonyl (C=O) groups is 1. The Morgan fingerprint density at radius 1 is 1.11 bits per heavy atom. The first-order chi connectivity index (χ1) is 17.4. The third kappa shape index (κ3) is 6.27. The van der Waals surface area contributed by atoms with Crippen LogP contribution in [0.4, 0.5) is 14.5 Å². The standard InChI is InChI=1S/C30H37F2N3O2/c1-18(2)29(37)25-17-33-26-12-6-20(19-7-13-27(36)21(14-19)16-30(3,31)32)15-24(26)28(25)34-22-8-10-23(11-9-22)35(4)5/h6-7,12-15,17-18,22-23,36H,8-11,16H2,1-5H3,(H,33,34). The number of phenolic OH excluding ortho intramolecular Hbond substituents is 1. The van der Waals surface area contributed by atoms with E-state index in [-0.39, 0.29) is 29.1 Å². The second-order valence-electron chi connectivity index (χ2n) is 11.0. The quantitative estimate of drug-likeness (QED) is 0.323. The van der Waals surface area contributed by atoms with E-state index in [4.69, 9.17) is 0 Å². The summed E-state index contributed by atoms with van der Waals surface area (Å²) in [5, 5.41) is 14.7. The van der Waals surface area contributed by atoms with Gasteiger partial charge in [-0.25, -0.2) is 8.78 Å². The molecule has 1 aliphatic carbocycles. The maximum absolute atomic E-state index is 13.7. The lowest BCUT2D eigenvalue weighted by Crippen LogP contribution is -2.36. The molecule has 0 radical (unpaired) electrons. The summed E-state index contributed by atoms with van der Waals surface area (Å²) in [5.74, 6) is -3.23. The third-order valence-corrected chi connectivity index (χ3v) is 7.35. The number of ketones is 1. The summed E-state index contributed by atoms with van der Waals surface area (Å²) >= 11 is 0. The highest BCUT2D eigenvalue weighted by Gasteiger charge is 2.26. The Balaban J connectivity index is 1.77. The lowest BCUT2D eigenvalue weighted by Gasteiger charge is -2.34. The van der Waals surface area contributed by atoms with Gasteiger partial charge in [-0.05, 0) is 82.1 Å². The van der Waals surface area contributed by atoms with Crippen LogP contribution >= 0.6 is 0 Å². The summed E-state index contributed by atoms with van der Waals surface area (Å²) in [6.07, 6.45) is 5.31. The van der Waals surface area contributed by atoms with Crippen LogP contribution in [-0.2, 0) is 6.42 Å². The molecule has 0 bridgehead atoms. The first-order valence-electron chi connectivity index (χ1n) is 13.0. The molecule has 0 amide bonds. The van der Waals surface area contributed by atoms with Crippen molar-refractivity contribution in [1.29, 1.82) is 0 Å². The molecule has 1 aromatic heterocycles. The first kappa shape index (κ1) is 27.0. The van der Waals surface area contributed by atoms with Crippen molar-refractivity contribution in [3.8, 4) is 16.9 Å². The molecular formula is C30H37F2N3O2. The van der Waals surface area contributed by atoms with E-state index in [9.17, 15) is 18.7 Å². The molecule has 5 nitrogen and oxygen atoms in total. The predicted octanol–water partition coefficient (Wildman–Crippen LogP) is 6.93. The zero-order valence-electron chi connectivity index (χ0n) is 22.3. The molecular weight excluding hydrogens is 472 g/mol. The molecule has 1 fully saturated rings. The van der Waals surface area contributed by atoms with Gasteiger partial charge in [0.2, 0.25) is 5.92 Å². The number of Topliss-reactive ketones (excluding diaryl/α,β-unsaturated/α-hetero) is 1. The number of fused-ring (bicyclic) bond motifs is 1. The molecule has 1 heterocycles. The zero-order chi connectivity index (χ0) is 26.9. The minimum absolute atomic E-state index is 0.0291. The highest BCUT2D eigenvalue weighted by molar-refractivity contribution is 6.09. The number of nitrogens with zero attached hydrogens (tertiary/aromatic N) is 2. The number of pyridine rings is 1. The summed E-state index contributed by atoms with van der Waals surface area (Å²) in [5.41, 5.74) is 3.85. The van der Waals surface area contributed by atoms with E-state index in [1.807, 2.05) is 32.0 Å². The molecule has 0 atom stereocenters. The minimum Gasteiger partial charge on any atom is -0.508 e. The number of alkyl halides is 2. The van der Waals surface area contributed by atoms with Gasteiger partial charge in [-0.3, -0.25) is 9.78 Å². The Morgan fingerprint density at radius 2 is 1.76 bits per heavy atom. The van der Waals surface area contributed by atoms with Crippen molar-refractivity contribution in [2.45, 2.75) is 70.9 Å². The van der Waals surface area contributed by atoms with E-state index >= 15 is 0 Å². The van der Waals surface area contributed by atoms with Crippen LogP contribution in [0.25, 0.3) is 22.0 Å². The van der Waals surface area contributed by atoms with Crippen molar-refractivity contribution in [2.24, 2.45) is 5.92 Å². The molecule has 198 valence electrons. The normalized spacial score (nSPS) is 18.5. The van der Waals surface area contributed by atoms with Gasteiger partial charge in [0, 0.05) is 41.6 Å². The average Bonchev–Trinajstić information content (AvgIpc) is 2.84. The first-order valence-corrected chi connectivity index (χ1v) is 13.0. The average molecular weight is 510 g/mol. The van der Waals surface area contributed by atoms with E-state index in [0.717, 1.165) is 60.3 Å². The predicted molar refractivity (Wildman–Crippen MR) is 146 cm³/mol. The van der Waals surface area contributed by atoms with Gasteiger partial charge in [0.05, 0.1) is 16.8 Å². The van der Waals surface area contributed by atoms with Gasteiger partial charge in [-0.1, -0.05) is 26.0 Å². The van der Waals surface area contributed by atoms with Gasteiger partial charge >= 0.3 is 0 Å². The Bertz CT molecular complexity index is 1280. The third-order valence-electron chi connectivity index (χ3n) is 7.35. The van der Waals surface area contributed by atoms with Crippen molar-refractivity contribution in [3.05, 3.63) is 53.7 Å². The maximum Gasteiger partial charge on any atom is 0.249 e. The fourth-order valence-corrected chi connectivity index (χ4v) is 5.21. The number of carbonyl (C=O) groups excluding carboxylic acids is 1. The second-order valence-corrected chi connectivity index (χ2v) is 11.0. The molecule has 0 aliphatic heterocycles. The molecule has 0 saturated heterocycles. The second kappa shape index (κ2) is 10.7. The summed E-state index contributed by atoms with van der Waals surface area (Å²) in [7, 11) is 4.23. The van der Waals surface area contributed by atoms with Gasteiger partial charge in [-0.15, -0.1) is 0 Å². The number of benzene rings is 2. The molecule has 4 rings (SSSR count). The largest absolute Gasteiger partial charge is 0.508 e. The summed E-state index contributed by atoms with van der Waals surface area (Å²) in [6, 6.07) is 11.4. The number of hydrogen-bond donors (Lipinski definition) is 2. The van der Waals surface area contributed by atoms with E-state index < -0.39 is 12.3 Å². The highest BCUT2D eigenvalue weighted by Crippen LogP contribution is 2.36. The summed E-state index contributed by atoms with van der Waals surface area (Å²) in [6.45, 7) is 4.62. The van der Waals surface area contributed by atoms with Crippen molar-refractivity contribution in [3.63, 3.8) is 0 Å². The van der Waals surface area contributed by atoms with Crippen LogP contribution < -0.4 is 5.32 Å². The monoisotopic (exact) mass is 509 g/mol. The maximum atomic E-state index is 13.7. The van der Waals surface area contributed by atoms with Crippen molar-refractivity contribution < 1.29 is 18.7 Å². The number of phenols is 1. The van der Waals surface area contributed by atoms with Crippen LogP contribution in [0.5, 0.6) is 5.75 Å². The van der Waals surface area contributed by atoms with Gasteiger partial charge in [0.1, 0.15) is 5.75 Å². The zero-order valence-corrected chi connectivity index (χ0v) is 22.3. The molecule has 37 heavy (non-hydrogen) atoms. The van der Waals surface area contributed by atoms with Crippen LogP contribution in [-0.4, -0.2) is 52.9 Å². The Hall–Kier alpha value is -3.06. The number of nitrogens with one attached hydrogen (secondary N) is 1. The molecule has 0 unspecified atom stereocenters. The van der Waals surface area contributed by atoms with Crippen LogP contribution in [0, 0.1) is 5.92 Å². The summed E-state index contributed by atoms with van der Waals surface area (Å²) in [4.78, 5) is 20.0. The number of aromatic nitrogens is 1. The molecule has 1 aliphatic rings. The minimum atomic E-state index is -2.93. The van der Waals surface area contributed by atoms with Crippen LogP contribution in [0.1, 0.15) is 62.4 Å². The Labute approximate surface area is 217 Å². The fourth-order valence-electron chi connectivity index (χ4n) is 5.21. The number of rotatable bonds is 8. The SMILES string of the molecule is CC(C)C(=O)c1cnc2ccc(-c3ccc(O)c(CC(C)(F)F)c3)cc2c1NC1CCC(N(C)C)CC1. The smallest absolute Gasteiger partial charge is 0.249 e. The highest BCUT2D eigenvalue weighted by atomic mass is 19.3. The van der Waals surface area contributed by atoms with Crippen molar-refractivity contribution in [1.82, 2.24) is 9.88 Å². The molecule has 0 spiro atoms. The molecule has 7 heteroatoms. The number of hydrogen-bond acceptors (Lipinski definition) is 5. The van der Waals surface area contributed by atoms with Crippen molar-refractivity contribution in [2.75, 3.05) is 19.4 Å². The number of anilines is 1. The van der Waals surface area contributed by atoms with Gasteiger partial charge < -0.3 is 15.3 Å². The molecule has 2 aromatic carbocycles. The lowest BCUT2D eigenvalue weighted by atomic mass is 9.89. The molecule has 1 saturated carbocycles. The lowest BCUT2D eigenvalue weighted by molar-refractivity contribution is 0.0220. The van der Waals surface area contributed by atoms with E-state index in [1.165, 1.54) is 6.07 Å². The molecule has 3 aromatic rings. The Kier molecular flexibility index (Phi) is 7.83.